The van der Waals surface area contributed by atoms with Gasteiger partial charge in [0.25, 0.3) is 0 Å². The summed E-state index contributed by atoms with van der Waals surface area (Å²) in [4.78, 5) is 12.4. The number of hydrogen-bond acceptors (Lipinski definition) is 4. The van der Waals surface area contributed by atoms with Crippen LogP contribution in [0.5, 0.6) is 0 Å². The molecule has 0 spiro atoms. The van der Waals surface area contributed by atoms with Gasteiger partial charge in [-0.2, -0.15) is 5.10 Å². The van der Waals surface area contributed by atoms with Gasteiger partial charge in [0.2, 0.25) is 0 Å². The minimum atomic E-state index is -0.572. The van der Waals surface area contributed by atoms with Crippen molar-refractivity contribution in [1.29, 1.82) is 0 Å². The smallest absolute Gasteiger partial charge is 0.319 e. The standard InChI is InChI=1S/C17H30N4O3/c1-13-7-16(2,3)11-17(8-13,12-22)20-15(23)19-14-9-18-21(10-14)5-6-24-4/h9-10,13,22H,5-8,11-12H2,1-4H3,(H2,19,20,23)/t13-,17+/m1/s1. The monoisotopic (exact) mass is 338 g/mol. The Morgan fingerprint density at radius 1 is 1.50 bits per heavy atom. The van der Waals surface area contributed by atoms with E-state index in [1.807, 2.05) is 0 Å². The second-order valence-electron chi connectivity index (χ2n) is 7.86. The van der Waals surface area contributed by atoms with Gasteiger partial charge in [0, 0.05) is 13.3 Å². The third kappa shape index (κ3) is 4.95. The Morgan fingerprint density at radius 2 is 2.25 bits per heavy atom. The van der Waals surface area contributed by atoms with E-state index in [2.05, 4.69) is 36.5 Å². The van der Waals surface area contributed by atoms with Gasteiger partial charge in [0.05, 0.1) is 37.2 Å². The first-order chi connectivity index (χ1) is 11.3. The molecule has 136 valence electrons. The fourth-order valence-corrected chi connectivity index (χ4v) is 4.14. The van der Waals surface area contributed by atoms with Crippen molar-refractivity contribution < 1.29 is 14.6 Å². The molecule has 0 saturated heterocycles. The Morgan fingerprint density at radius 3 is 2.88 bits per heavy atom. The largest absolute Gasteiger partial charge is 0.394 e. The number of amides is 2. The molecule has 0 bridgehead atoms. The highest BCUT2D eigenvalue weighted by atomic mass is 16.5. The fraction of sp³-hybridized carbons (Fsp3) is 0.765. The molecule has 24 heavy (non-hydrogen) atoms. The normalized spacial score (nSPS) is 26.1. The average molecular weight is 338 g/mol. The lowest BCUT2D eigenvalue weighted by atomic mass is 9.64. The van der Waals surface area contributed by atoms with Crippen LogP contribution in [-0.4, -0.2) is 46.8 Å². The highest BCUT2D eigenvalue weighted by molar-refractivity contribution is 5.89. The van der Waals surface area contributed by atoms with Crippen LogP contribution in [0.2, 0.25) is 0 Å². The summed E-state index contributed by atoms with van der Waals surface area (Å²) in [5, 5.41) is 19.9. The van der Waals surface area contributed by atoms with Gasteiger partial charge in [0.15, 0.2) is 0 Å². The van der Waals surface area contributed by atoms with Crippen molar-refractivity contribution in [1.82, 2.24) is 15.1 Å². The van der Waals surface area contributed by atoms with Crippen LogP contribution < -0.4 is 10.6 Å². The molecular formula is C17H30N4O3. The lowest BCUT2D eigenvalue weighted by molar-refractivity contribution is 0.0446. The number of ether oxygens (including phenoxy) is 1. The maximum Gasteiger partial charge on any atom is 0.319 e. The number of hydrogen-bond donors (Lipinski definition) is 3. The molecule has 3 N–H and O–H groups in total. The Labute approximate surface area is 143 Å². The van der Waals surface area contributed by atoms with Gasteiger partial charge >= 0.3 is 6.03 Å². The van der Waals surface area contributed by atoms with Crippen molar-refractivity contribution in [2.24, 2.45) is 11.3 Å². The predicted molar refractivity (Wildman–Crippen MR) is 92.9 cm³/mol. The number of urea groups is 1. The van der Waals surface area contributed by atoms with E-state index < -0.39 is 5.54 Å². The van der Waals surface area contributed by atoms with Gasteiger partial charge in [-0.15, -0.1) is 0 Å². The molecule has 1 saturated carbocycles. The second kappa shape index (κ2) is 7.53. The van der Waals surface area contributed by atoms with Gasteiger partial charge in [-0.25, -0.2) is 4.79 Å². The lowest BCUT2D eigenvalue weighted by Crippen LogP contribution is -2.58. The molecule has 0 unspecified atom stereocenters. The highest BCUT2D eigenvalue weighted by Gasteiger charge is 2.43. The number of anilines is 1. The van der Waals surface area contributed by atoms with Crippen LogP contribution in [0.4, 0.5) is 10.5 Å². The van der Waals surface area contributed by atoms with E-state index in [-0.39, 0.29) is 18.1 Å². The van der Waals surface area contributed by atoms with Crippen LogP contribution in [0.15, 0.2) is 12.4 Å². The number of aliphatic hydroxyl groups is 1. The minimum Gasteiger partial charge on any atom is -0.394 e. The molecule has 7 heteroatoms. The summed E-state index contributed by atoms with van der Waals surface area (Å²) in [5.41, 5.74) is 0.149. The van der Waals surface area contributed by atoms with Crippen molar-refractivity contribution in [3.63, 3.8) is 0 Å². The maximum absolute atomic E-state index is 12.4. The number of carbonyl (C=O) groups is 1. The summed E-state index contributed by atoms with van der Waals surface area (Å²) in [6.45, 7) is 7.69. The van der Waals surface area contributed by atoms with Crippen molar-refractivity contribution >= 4 is 11.7 Å². The molecule has 0 aliphatic heterocycles. The van der Waals surface area contributed by atoms with E-state index in [4.69, 9.17) is 4.74 Å². The van der Waals surface area contributed by atoms with Crippen LogP contribution in [0.1, 0.15) is 40.0 Å². The first-order valence-corrected chi connectivity index (χ1v) is 8.49. The first-order valence-electron chi connectivity index (χ1n) is 8.49. The summed E-state index contributed by atoms with van der Waals surface area (Å²) in [6, 6.07) is -0.305. The van der Waals surface area contributed by atoms with Gasteiger partial charge in [-0.1, -0.05) is 20.8 Å². The van der Waals surface area contributed by atoms with Crippen molar-refractivity contribution in [2.45, 2.75) is 52.1 Å². The molecule has 2 atom stereocenters. The van der Waals surface area contributed by atoms with Gasteiger partial charge < -0.3 is 20.5 Å². The summed E-state index contributed by atoms with van der Waals surface area (Å²) >= 11 is 0. The van der Waals surface area contributed by atoms with E-state index in [1.165, 1.54) is 0 Å². The molecule has 1 fully saturated rings. The SMILES string of the molecule is COCCn1cc(NC(=O)N[C@@]2(CO)C[C@H](C)CC(C)(C)C2)cn1. The topological polar surface area (TPSA) is 88.4 Å². The van der Waals surface area contributed by atoms with E-state index in [1.54, 1.807) is 24.2 Å². The Balaban J connectivity index is 1.98. The van der Waals surface area contributed by atoms with Crippen molar-refractivity contribution in [3.8, 4) is 0 Å². The van der Waals surface area contributed by atoms with E-state index >= 15 is 0 Å². The highest BCUT2D eigenvalue weighted by Crippen LogP contribution is 2.43. The molecular weight excluding hydrogens is 308 g/mol. The number of methoxy groups -OCH3 is 1. The molecule has 7 nitrogen and oxygen atoms in total. The minimum absolute atomic E-state index is 0.0543. The van der Waals surface area contributed by atoms with Gasteiger partial charge in [-0.05, 0) is 30.6 Å². The Hall–Kier alpha value is -1.60. The molecule has 1 aliphatic carbocycles. The molecule has 1 heterocycles. The third-order valence-corrected chi connectivity index (χ3v) is 4.55. The molecule has 0 radical (unpaired) electrons. The van der Waals surface area contributed by atoms with Crippen LogP contribution in [0.3, 0.4) is 0 Å². The molecule has 0 aromatic carbocycles. The summed E-state index contributed by atoms with van der Waals surface area (Å²) < 4.78 is 6.72. The summed E-state index contributed by atoms with van der Waals surface area (Å²) in [7, 11) is 1.64. The number of nitrogens with one attached hydrogen (secondary N) is 2. The summed E-state index contributed by atoms with van der Waals surface area (Å²) in [6.07, 6.45) is 6.02. The Bertz CT molecular complexity index is 558. The quantitative estimate of drug-likeness (QED) is 0.742. The molecule has 1 aliphatic rings. The van der Waals surface area contributed by atoms with Crippen LogP contribution in [0, 0.1) is 11.3 Å². The molecule has 1 aromatic heterocycles. The number of rotatable bonds is 6. The third-order valence-electron chi connectivity index (χ3n) is 4.55. The van der Waals surface area contributed by atoms with Crippen molar-refractivity contribution in [3.05, 3.63) is 12.4 Å². The van der Waals surface area contributed by atoms with Gasteiger partial charge in [-0.3, -0.25) is 4.68 Å². The van der Waals surface area contributed by atoms with Gasteiger partial charge in [0.1, 0.15) is 0 Å². The van der Waals surface area contributed by atoms with Crippen LogP contribution >= 0.6 is 0 Å². The number of aromatic nitrogens is 2. The zero-order chi connectivity index (χ0) is 17.8. The zero-order valence-corrected chi connectivity index (χ0v) is 15.1. The number of carbonyl (C=O) groups excluding carboxylic acids is 1. The van der Waals surface area contributed by atoms with Crippen molar-refractivity contribution in [2.75, 3.05) is 25.6 Å². The van der Waals surface area contributed by atoms with E-state index in [0.29, 0.717) is 24.8 Å². The zero-order valence-electron chi connectivity index (χ0n) is 15.1. The van der Waals surface area contributed by atoms with E-state index in [0.717, 1.165) is 19.3 Å². The summed E-state index contributed by atoms with van der Waals surface area (Å²) in [5.74, 6) is 0.456. The maximum atomic E-state index is 12.4. The number of aliphatic hydroxyl groups excluding tert-OH is 1. The first kappa shape index (κ1) is 18.7. The number of nitrogens with zero attached hydrogens (tertiary/aromatic N) is 2. The molecule has 2 rings (SSSR count). The van der Waals surface area contributed by atoms with Crippen LogP contribution in [0.25, 0.3) is 0 Å². The molecule has 1 aromatic rings. The van der Waals surface area contributed by atoms with E-state index in [9.17, 15) is 9.90 Å². The second-order valence-corrected chi connectivity index (χ2v) is 7.86. The van der Waals surface area contributed by atoms with Crippen LogP contribution in [-0.2, 0) is 11.3 Å². The predicted octanol–water partition coefficient (Wildman–Crippen LogP) is 2.23. The molecule has 2 amide bonds. The lowest BCUT2D eigenvalue weighted by Gasteiger charge is -2.47. The Kier molecular flexibility index (Phi) is 5.87. The fourth-order valence-electron chi connectivity index (χ4n) is 4.14. The average Bonchev–Trinajstić information content (AvgIpc) is 2.90.